The highest BCUT2D eigenvalue weighted by Crippen LogP contribution is 2.25. The van der Waals surface area contributed by atoms with E-state index in [2.05, 4.69) is 16.3 Å². The van der Waals surface area contributed by atoms with Gasteiger partial charge in [0, 0.05) is 18.8 Å². The molecule has 1 aliphatic heterocycles. The van der Waals surface area contributed by atoms with Crippen LogP contribution in [0.25, 0.3) is 0 Å². The van der Waals surface area contributed by atoms with Gasteiger partial charge in [-0.1, -0.05) is 18.2 Å². The van der Waals surface area contributed by atoms with Gasteiger partial charge in [-0.2, -0.15) is 0 Å². The fraction of sp³-hybridized carbons (Fsp3) is 0.235. The van der Waals surface area contributed by atoms with E-state index in [1.807, 2.05) is 36.4 Å². The molecule has 22 heavy (non-hydrogen) atoms. The largest absolute Gasteiger partial charge is 0.495 e. The molecule has 0 saturated heterocycles. The molecule has 2 aromatic carbocycles. The molecule has 5 heteroatoms. The molecule has 0 unspecified atom stereocenters. The van der Waals surface area contributed by atoms with Crippen LogP contribution in [-0.4, -0.2) is 23.7 Å². The molecule has 3 rings (SSSR count). The Bertz CT molecular complexity index is 702. The van der Waals surface area contributed by atoms with Crippen molar-refractivity contribution in [1.29, 1.82) is 0 Å². The molecule has 0 amide bonds. The fourth-order valence-corrected chi connectivity index (χ4v) is 2.96. The van der Waals surface area contributed by atoms with Gasteiger partial charge < -0.3 is 20.7 Å². The van der Waals surface area contributed by atoms with Crippen molar-refractivity contribution in [2.75, 3.05) is 24.7 Å². The van der Waals surface area contributed by atoms with Gasteiger partial charge in [-0.3, -0.25) is 0 Å². The third kappa shape index (κ3) is 2.99. The third-order valence-electron chi connectivity index (χ3n) is 3.88. The highest BCUT2D eigenvalue weighted by molar-refractivity contribution is 7.80. The number of anilines is 2. The molecule has 0 radical (unpaired) electrons. The summed E-state index contributed by atoms with van der Waals surface area (Å²) in [5, 5.41) is 3.98. The summed E-state index contributed by atoms with van der Waals surface area (Å²) >= 11 is 5.55. The Morgan fingerprint density at radius 1 is 1.23 bits per heavy atom. The second kappa shape index (κ2) is 6.23. The number of fused-ring (bicyclic) bond motifs is 1. The zero-order valence-electron chi connectivity index (χ0n) is 12.5. The van der Waals surface area contributed by atoms with E-state index in [4.69, 9.17) is 22.7 Å². The van der Waals surface area contributed by atoms with E-state index in [0.717, 1.165) is 36.6 Å². The number of benzene rings is 2. The van der Waals surface area contributed by atoms with Crippen LogP contribution >= 0.6 is 12.2 Å². The number of para-hydroxylation sites is 2. The van der Waals surface area contributed by atoms with Gasteiger partial charge in [-0.05, 0) is 54.0 Å². The average Bonchev–Trinajstić information content (AvgIpc) is 2.54. The standard InChI is InChI=1S/C17H19N3OS/c1-21-16-5-3-2-4-15(16)19-17(22)20-9-8-12-6-7-14(18)10-13(12)11-20/h2-7,10H,8-9,11,18H2,1H3,(H,19,22). The first-order valence-corrected chi connectivity index (χ1v) is 7.64. The number of nitrogens with one attached hydrogen (secondary N) is 1. The molecule has 0 spiro atoms. The number of nitrogen functional groups attached to an aromatic ring is 1. The van der Waals surface area contributed by atoms with Gasteiger partial charge in [0.15, 0.2) is 5.11 Å². The minimum atomic E-state index is 0.706. The van der Waals surface area contributed by atoms with Gasteiger partial charge >= 0.3 is 0 Å². The normalized spacial score (nSPS) is 13.4. The van der Waals surface area contributed by atoms with Crippen molar-refractivity contribution in [2.45, 2.75) is 13.0 Å². The molecule has 0 atom stereocenters. The van der Waals surface area contributed by atoms with Crippen LogP contribution in [0.3, 0.4) is 0 Å². The molecule has 2 aromatic rings. The number of hydrogen-bond acceptors (Lipinski definition) is 3. The molecule has 114 valence electrons. The van der Waals surface area contributed by atoms with Crippen LogP contribution in [0.15, 0.2) is 42.5 Å². The minimum Gasteiger partial charge on any atom is -0.495 e. The Kier molecular flexibility index (Phi) is 4.15. The Morgan fingerprint density at radius 3 is 2.86 bits per heavy atom. The van der Waals surface area contributed by atoms with Gasteiger partial charge in [0.2, 0.25) is 0 Å². The van der Waals surface area contributed by atoms with E-state index in [9.17, 15) is 0 Å². The second-order valence-electron chi connectivity index (χ2n) is 5.33. The predicted octanol–water partition coefficient (Wildman–Crippen LogP) is 3.03. The molecule has 1 heterocycles. The number of nitrogens with zero attached hydrogens (tertiary/aromatic N) is 1. The highest BCUT2D eigenvalue weighted by Gasteiger charge is 2.19. The highest BCUT2D eigenvalue weighted by atomic mass is 32.1. The van der Waals surface area contributed by atoms with Crippen molar-refractivity contribution in [2.24, 2.45) is 0 Å². The zero-order valence-corrected chi connectivity index (χ0v) is 13.3. The van der Waals surface area contributed by atoms with Crippen LogP contribution < -0.4 is 15.8 Å². The average molecular weight is 313 g/mol. The summed E-state index contributed by atoms with van der Waals surface area (Å²) in [5.41, 5.74) is 10.2. The first-order chi connectivity index (χ1) is 10.7. The van der Waals surface area contributed by atoms with E-state index in [0.29, 0.717) is 5.11 Å². The Morgan fingerprint density at radius 2 is 2.05 bits per heavy atom. The van der Waals surface area contributed by atoms with Crippen molar-refractivity contribution in [1.82, 2.24) is 4.90 Å². The van der Waals surface area contributed by atoms with Crippen LogP contribution in [0.4, 0.5) is 11.4 Å². The Hall–Kier alpha value is -2.27. The first kappa shape index (κ1) is 14.7. The summed E-state index contributed by atoms with van der Waals surface area (Å²) in [4.78, 5) is 2.16. The lowest BCUT2D eigenvalue weighted by Gasteiger charge is -2.31. The van der Waals surface area contributed by atoms with Gasteiger partial charge in [0.25, 0.3) is 0 Å². The molecular weight excluding hydrogens is 294 g/mol. The van der Waals surface area contributed by atoms with E-state index in [1.165, 1.54) is 11.1 Å². The minimum absolute atomic E-state index is 0.706. The Labute approximate surface area is 135 Å². The molecule has 0 fully saturated rings. The number of methoxy groups -OCH3 is 1. The van der Waals surface area contributed by atoms with E-state index in [-0.39, 0.29) is 0 Å². The van der Waals surface area contributed by atoms with Crippen LogP contribution in [-0.2, 0) is 13.0 Å². The van der Waals surface area contributed by atoms with E-state index in [1.54, 1.807) is 7.11 Å². The molecule has 4 nitrogen and oxygen atoms in total. The number of ether oxygens (including phenoxy) is 1. The maximum atomic E-state index is 5.88. The molecule has 1 aliphatic rings. The number of thiocarbonyl (C=S) groups is 1. The van der Waals surface area contributed by atoms with Gasteiger partial charge in [0.05, 0.1) is 12.8 Å². The van der Waals surface area contributed by atoms with E-state index >= 15 is 0 Å². The van der Waals surface area contributed by atoms with Gasteiger partial charge in [0.1, 0.15) is 5.75 Å². The topological polar surface area (TPSA) is 50.5 Å². The summed E-state index contributed by atoms with van der Waals surface area (Å²) in [6.07, 6.45) is 0.976. The van der Waals surface area contributed by atoms with Gasteiger partial charge in [-0.15, -0.1) is 0 Å². The quantitative estimate of drug-likeness (QED) is 0.659. The number of nitrogens with two attached hydrogens (primary N) is 1. The fourth-order valence-electron chi connectivity index (χ4n) is 2.69. The lowest BCUT2D eigenvalue weighted by molar-refractivity contribution is 0.398. The SMILES string of the molecule is COc1ccccc1NC(=S)N1CCc2ccc(N)cc2C1. The second-order valence-corrected chi connectivity index (χ2v) is 5.72. The molecule has 0 aliphatic carbocycles. The van der Waals surface area contributed by atoms with Crippen molar-refractivity contribution in [3.8, 4) is 5.75 Å². The van der Waals surface area contributed by atoms with Crippen molar-refractivity contribution in [3.05, 3.63) is 53.6 Å². The third-order valence-corrected chi connectivity index (χ3v) is 4.24. The van der Waals surface area contributed by atoms with Crippen LogP contribution in [0.5, 0.6) is 5.75 Å². The van der Waals surface area contributed by atoms with E-state index < -0.39 is 0 Å². The lowest BCUT2D eigenvalue weighted by Crippen LogP contribution is -2.38. The zero-order chi connectivity index (χ0) is 15.5. The molecular formula is C17H19N3OS. The summed E-state index contributed by atoms with van der Waals surface area (Å²) < 4.78 is 5.35. The summed E-state index contributed by atoms with van der Waals surface area (Å²) in [6, 6.07) is 13.9. The maximum absolute atomic E-state index is 5.88. The Balaban J connectivity index is 1.74. The van der Waals surface area contributed by atoms with Gasteiger partial charge in [-0.25, -0.2) is 0 Å². The molecule has 0 saturated carbocycles. The summed E-state index contributed by atoms with van der Waals surface area (Å²) in [7, 11) is 1.66. The lowest BCUT2D eigenvalue weighted by atomic mass is 9.99. The summed E-state index contributed by atoms with van der Waals surface area (Å²) in [6.45, 7) is 1.68. The smallest absolute Gasteiger partial charge is 0.173 e. The predicted molar refractivity (Wildman–Crippen MR) is 94.2 cm³/mol. The first-order valence-electron chi connectivity index (χ1n) is 7.23. The van der Waals surface area contributed by atoms with Crippen molar-refractivity contribution < 1.29 is 4.74 Å². The summed E-state index contributed by atoms with van der Waals surface area (Å²) in [5.74, 6) is 0.784. The van der Waals surface area contributed by atoms with Crippen molar-refractivity contribution in [3.63, 3.8) is 0 Å². The van der Waals surface area contributed by atoms with Crippen molar-refractivity contribution >= 4 is 28.7 Å². The molecule has 0 aromatic heterocycles. The maximum Gasteiger partial charge on any atom is 0.173 e. The number of rotatable bonds is 2. The van der Waals surface area contributed by atoms with Crippen LogP contribution in [0.2, 0.25) is 0 Å². The van der Waals surface area contributed by atoms with Crippen LogP contribution in [0, 0.1) is 0 Å². The van der Waals surface area contributed by atoms with Crippen LogP contribution in [0.1, 0.15) is 11.1 Å². The monoisotopic (exact) mass is 313 g/mol. The molecule has 3 N–H and O–H groups in total. The molecule has 0 bridgehead atoms. The number of hydrogen-bond donors (Lipinski definition) is 2.